The van der Waals surface area contributed by atoms with Gasteiger partial charge in [-0.3, -0.25) is 24.6 Å². The third-order valence-corrected chi connectivity index (χ3v) is 5.18. The minimum absolute atomic E-state index is 0.156. The first kappa shape index (κ1) is 21.2. The molecule has 10 nitrogen and oxygen atoms in total. The van der Waals surface area contributed by atoms with E-state index in [4.69, 9.17) is 26.8 Å². The molecule has 1 N–H and O–H groups in total. The van der Waals surface area contributed by atoms with Gasteiger partial charge in [0, 0.05) is 12.3 Å². The fraction of sp³-hybridized carbons (Fsp3) is 0.111. The number of pyridine rings is 1. The van der Waals surface area contributed by atoms with E-state index in [2.05, 4.69) is 4.98 Å². The van der Waals surface area contributed by atoms with Crippen LogP contribution < -0.4 is 9.47 Å². The van der Waals surface area contributed by atoms with Gasteiger partial charge >= 0.3 is 11.7 Å². The summed E-state index contributed by atoms with van der Waals surface area (Å²) in [6.45, 7) is -0.513. The lowest BCUT2D eigenvalue weighted by Gasteiger charge is -2.11. The largest absolute Gasteiger partial charge is 0.493 e. The minimum Gasteiger partial charge on any atom is -0.493 e. The van der Waals surface area contributed by atoms with Crippen molar-refractivity contribution in [1.29, 1.82) is 0 Å². The van der Waals surface area contributed by atoms with E-state index in [1.807, 2.05) is 0 Å². The van der Waals surface area contributed by atoms with Crippen molar-refractivity contribution >= 4 is 51.9 Å². The molecule has 1 aromatic heterocycles. The zero-order valence-electron chi connectivity index (χ0n) is 15.3. The molecule has 3 rings (SSSR count). The lowest BCUT2D eigenvalue weighted by atomic mass is 10.2. The average molecular weight is 447 g/mol. The molecule has 0 unspecified atom stereocenters. The lowest BCUT2D eigenvalue weighted by molar-refractivity contribution is -0.386. The number of thioether (sulfide) groups is 1. The number of aromatic nitrogens is 1. The number of hydrogen-bond donors (Lipinski definition) is 1. The van der Waals surface area contributed by atoms with Crippen molar-refractivity contribution < 1.29 is 29.1 Å². The molecule has 2 heterocycles. The van der Waals surface area contributed by atoms with E-state index in [9.17, 15) is 19.7 Å². The summed E-state index contributed by atoms with van der Waals surface area (Å²) in [5.41, 5.74) is 0.260. The Labute approximate surface area is 179 Å². The van der Waals surface area contributed by atoms with Crippen molar-refractivity contribution in [3.05, 3.63) is 57.1 Å². The number of hydrogen-bond acceptors (Lipinski definition) is 9. The Kier molecular flexibility index (Phi) is 6.28. The summed E-state index contributed by atoms with van der Waals surface area (Å²) in [6, 6.07) is 7.37. The van der Waals surface area contributed by atoms with Gasteiger partial charge in [-0.2, -0.15) is 0 Å². The maximum absolute atomic E-state index is 12.4. The van der Waals surface area contributed by atoms with Crippen molar-refractivity contribution in [3.63, 3.8) is 0 Å². The van der Waals surface area contributed by atoms with Crippen LogP contribution in [0.5, 0.6) is 17.4 Å². The molecule has 0 spiro atoms. The van der Waals surface area contributed by atoms with Gasteiger partial charge in [0.15, 0.2) is 11.5 Å². The molecule has 1 aliphatic heterocycles. The molecule has 2 aromatic rings. The van der Waals surface area contributed by atoms with Crippen molar-refractivity contribution in [2.45, 2.75) is 0 Å². The maximum atomic E-state index is 12.4. The second-order valence-corrected chi connectivity index (χ2v) is 7.43. The summed E-state index contributed by atoms with van der Waals surface area (Å²) in [4.78, 5) is 38.9. The third-order valence-electron chi connectivity index (χ3n) is 3.81. The summed E-state index contributed by atoms with van der Waals surface area (Å²) in [5, 5.41) is 20.0. The topological polar surface area (TPSA) is 132 Å². The Morgan fingerprint density at radius 2 is 2.17 bits per heavy atom. The highest BCUT2D eigenvalue weighted by Crippen LogP contribution is 2.37. The number of methoxy groups -OCH3 is 1. The Bertz CT molecular complexity index is 1090. The zero-order valence-corrected chi connectivity index (χ0v) is 16.9. The number of carbonyl (C=O) groups is 2. The summed E-state index contributed by atoms with van der Waals surface area (Å²) in [7, 11) is 1.39. The quantitative estimate of drug-likeness (QED) is 0.292. The minimum atomic E-state index is -1.17. The number of aliphatic carboxylic acids is 1. The molecule has 1 aliphatic rings. The Morgan fingerprint density at radius 1 is 1.40 bits per heavy atom. The van der Waals surface area contributed by atoms with Crippen LogP contribution in [0.25, 0.3) is 6.08 Å². The van der Waals surface area contributed by atoms with Crippen LogP contribution in [-0.2, 0) is 9.59 Å². The van der Waals surface area contributed by atoms with E-state index in [1.165, 1.54) is 37.6 Å². The van der Waals surface area contributed by atoms with Crippen LogP contribution in [0.1, 0.15) is 5.56 Å². The molecule has 0 bridgehead atoms. The zero-order chi connectivity index (χ0) is 21.8. The van der Waals surface area contributed by atoms with E-state index >= 15 is 0 Å². The summed E-state index contributed by atoms with van der Waals surface area (Å²) in [6.07, 6.45) is 2.90. The molecule has 0 aliphatic carbocycles. The van der Waals surface area contributed by atoms with E-state index in [0.717, 1.165) is 16.7 Å². The normalized spacial score (nSPS) is 14.8. The number of carboxylic acids is 1. The first-order valence-corrected chi connectivity index (χ1v) is 9.45. The summed E-state index contributed by atoms with van der Waals surface area (Å²) >= 11 is 6.05. The van der Waals surface area contributed by atoms with E-state index in [1.54, 1.807) is 12.1 Å². The highest BCUT2D eigenvalue weighted by Gasteiger charge is 2.33. The van der Waals surface area contributed by atoms with Gasteiger partial charge in [-0.05, 0) is 29.8 Å². The molecular formula is C18H13N3O7S2. The molecule has 12 heteroatoms. The number of benzene rings is 1. The molecule has 1 aromatic carbocycles. The standard InChI is InChI=1S/C18H13N3O7S2/c1-27-13-7-10(8-14-17(24)20(9-15(22)23)18(29)30-14)4-5-12(13)28-16-11(21(25)26)3-2-6-19-16/h2-8H,9H2,1H3,(H,22,23). The molecule has 1 fully saturated rings. The van der Waals surface area contributed by atoms with Crippen LogP contribution in [-0.4, -0.2) is 49.8 Å². The van der Waals surface area contributed by atoms with Gasteiger partial charge < -0.3 is 14.6 Å². The molecule has 30 heavy (non-hydrogen) atoms. The third kappa shape index (κ3) is 4.55. The van der Waals surface area contributed by atoms with Crippen molar-refractivity contribution in [2.75, 3.05) is 13.7 Å². The van der Waals surface area contributed by atoms with Crippen molar-refractivity contribution in [2.24, 2.45) is 0 Å². The van der Waals surface area contributed by atoms with Gasteiger partial charge in [0.25, 0.3) is 11.8 Å². The second kappa shape index (κ2) is 8.88. The molecule has 154 valence electrons. The molecule has 0 saturated carbocycles. The average Bonchev–Trinajstić information content (AvgIpc) is 2.96. The smallest absolute Gasteiger partial charge is 0.331 e. The fourth-order valence-corrected chi connectivity index (χ4v) is 3.74. The predicted molar refractivity (Wildman–Crippen MR) is 111 cm³/mol. The number of carbonyl (C=O) groups excluding carboxylic acids is 1. The van der Waals surface area contributed by atoms with Gasteiger partial charge in [-0.1, -0.05) is 30.0 Å². The van der Waals surface area contributed by atoms with Crippen molar-refractivity contribution in [3.8, 4) is 17.4 Å². The Morgan fingerprint density at radius 3 is 2.83 bits per heavy atom. The maximum Gasteiger partial charge on any atom is 0.331 e. The molecule has 1 amide bonds. The van der Waals surface area contributed by atoms with E-state index < -0.39 is 23.3 Å². The number of thiocarbonyl (C=S) groups is 1. The van der Waals surface area contributed by atoms with Crippen LogP contribution in [0.3, 0.4) is 0 Å². The van der Waals surface area contributed by atoms with Gasteiger partial charge in [0.1, 0.15) is 10.9 Å². The molecule has 0 atom stereocenters. The number of rotatable bonds is 7. The molecule has 1 saturated heterocycles. The van der Waals surface area contributed by atoms with Crippen LogP contribution >= 0.6 is 24.0 Å². The number of amides is 1. The van der Waals surface area contributed by atoms with Gasteiger partial charge in [0.05, 0.1) is 16.9 Å². The first-order chi connectivity index (χ1) is 14.3. The monoisotopic (exact) mass is 447 g/mol. The highest BCUT2D eigenvalue weighted by atomic mass is 32.2. The van der Waals surface area contributed by atoms with Gasteiger partial charge in [0.2, 0.25) is 0 Å². The van der Waals surface area contributed by atoms with Crippen LogP contribution in [0, 0.1) is 10.1 Å². The van der Waals surface area contributed by atoms with E-state index in [-0.39, 0.29) is 32.3 Å². The first-order valence-electron chi connectivity index (χ1n) is 8.22. The SMILES string of the molecule is COc1cc(C=C2SC(=S)N(CC(=O)O)C2=O)ccc1Oc1ncccc1[N+](=O)[O-]. The van der Waals surface area contributed by atoms with E-state index in [0.29, 0.717) is 5.56 Å². The molecule has 0 radical (unpaired) electrons. The summed E-state index contributed by atoms with van der Waals surface area (Å²) < 4.78 is 11.0. The van der Waals surface area contributed by atoms with Gasteiger partial charge in [-0.15, -0.1) is 0 Å². The number of carboxylic acid groups (broad SMARTS) is 1. The lowest BCUT2D eigenvalue weighted by Crippen LogP contribution is -2.33. The number of ether oxygens (including phenoxy) is 2. The van der Waals surface area contributed by atoms with Crippen LogP contribution in [0.15, 0.2) is 41.4 Å². The predicted octanol–water partition coefficient (Wildman–Crippen LogP) is 3.08. The van der Waals surface area contributed by atoms with Crippen LogP contribution in [0.2, 0.25) is 0 Å². The molecular weight excluding hydrogens is 434 g/mol. The fourth-order valence-electron chi connectivity index (χ4n) is 2.49. The van der Waals surface area contributed by atoms with Gasteiger partial charge in [-0.25, -0.2) is 4.98 Å². The van der Waals surface area contributed by atoms with Crippen molar-refractivity contribution in [1.82, 2.24) is 9.88 Å². The summed E-state index contributed by atoms with van der Waals surface area (Å²) in [5.74, 6) is -1.42. The number of nitrogens with zero attached hydrogens (tertiary/aromatic N) is 3. The Balaban J connectivity index is 1.87. The Hall–Kier alpha value is -3.51. The number of nitro groups is 1. The highest BCUT2D eigenvalue weighted by molar-refractivity contribution is 8.26. The second-order valence-electron chi connectivity index (χ2n) is 5.76. The van der Waals surface area contributed by atoms with Crippen LogP contribution in [0.4, 0.5) is 5.69 Å².